The molecule has 1 fully saturated rings. The SMILES string of the molecule is CN(C)CCN(C)[C@@H]1[C@H](O)[C@H](CO)O[C@@H]1CNCc1cccc(Cl)c1.Cl.Cl.Cl. The lowest BCUT2D eigenvalue weighted by molar-refractivity contribution is -0.0213. The van der Waals surface area contributed by atoms with E-state index in [0.717, 1.165) is 18.7 Å². The molecule has 1 aromatic carbocycles. The lowest BCUT2D eigenvalue weighted by atomic mass is 10.0. The molecule has 0 unspecified atom stereocenters. The van der Waals surface area contributed by atoms with Crippen LogP contribution < -0.4 is 5.32 Å². The minimum absolute atomic E-state index is 0. The van der Waals surface area contributed by atoms with Gasteiger partial charge in [0.25, 0.3) is 0 Å². The minimum atomic E-state index is -0.699. The van der Waals surface area contributed by atoms with Gasteiger partial charge in [0.15, 0.2) is 0 Å². The van der Waals surface area contributed by atoms with Crippen LogP contribution >= 0.6 is 48.8 Å². The number of nitrogens with one attached hydrogen (secondary N) is 1. The zero-order valence-electron chi connectivity index (χ0n) is 16.5. The van der Waals surface area contributed by atoms with Crippen molar-refractivity contribution in [3.05, 3.63) is 34.9 Å². The Morgan fingerprint density at radius 3 is 2.36 bits per heavy atom. The first-order valence-corrected chi connectivity index (χ1v) is 9.04. The minimum Gasteiger partial charge on any atom is -0.394 e. The Morgan fingerprint density at radius 1 is 1.11 bits per heavy atom. The second kappa shape index (κ2) is 15.0. The maximum atomic E-state index is 10.5. The van der Waals surface area contributed by atoms with E-state index >= 15 is 0 Å². The van der Waals surface area contributed by atoms with Crippen LogP contribution in [0.25, 0.3) is 0 Å². The van der Waals surface area contributed by atoms with Gasteiger partial charge >= 0.3 is 0 Å². The molecule has 0 bridgehead atoms. The van der Waals surface area contributed by atoms with Gasteiger partial charge in [0.1, 0.15) is 12.2 Å². The fraction of sp³-hybridized carbons (Fsp3) is 0.667. The molecule has 1 aliphatic rings. The van der Waals surface area contributed by atoms with E-state index in [0.29, 0.717) is 18.1 Å². The molecule has 1 saturated heterocycles. The summed E-state index contributed by atoms with van der Waals surface area (Å²) in [5.74, 6) is 0. The molecule has 4 atom stereocenters. The van der Waals surface area contributed by atoms with Crippen LogP contribution in [0.1, 0.15) is 5.56 Å². The summed E-state index contributed by atoms with van der Waals surface area (Å²) in [6, 6.07) is 7.57. The Morgan fingerprint density at radius 2 is 1.79 bits per heavy atom. The third kappa shape index (κ3) is 8.88. The molecule has 0 saturated carbocycles. The molecule has 10 heteroatoms. The number of ether oxygens (including phenoxy) is 1. The number of aliphatic hydroxyl groups excluding tert-OH is 2. The van der Waals surface area contributed by atoms with E-state index in [1.54, 1.807) is 0 Å². The van der Waals surface area contributed by atoms with Crippen molar-refractivity contribution in [2.45, 2.75) is 30.9 Å². The Hall–Kier alpha value is 0.140. The molecule has 166 valence electrons. The second-order valence-electron chi connectivity index (χ2n) is 6.92. The summed E-state index contributed by atoms with van der Waals surface area (Å²) < 4.78 is 5.88. The van der Waals surface area contributed by atoms with Gasteiger partial charge in [0.05, 0.1) is 18.8 Å². The van der Waals surface area contributed by atoms with Gasteiger partial charge in [-0.15, -0.1) is 37.2 Å². The summed E-state index contributed by atoms with van der Waals surface area (Å²) in [5.41, 5.74) is 1.10. The fourth-order valence-electron chi connectivity index (χ4n) is 3.20. The van der Waals surface area contributed by atoms with E-state index in [-0.39, 0.29) is 56.0 Å². The average molecular weight is 481 g/mol. The summed E-state index contributed by atoms with van der Waals surface area (Å²) in [6.07, 6.45) is -1.42. The number of aliphatic hydroxyl groups is 2. The van der Waals surface area contributed by atoms with Crippen LogP contribution in [-0.4, -0.2) is 91.8 Å². The van der Waals surface area contributed by atoms with Crippen LogP contribution in [0.5, 0.6) is 0 Å². The van der Waals surface area contributed by atoms with E-state index in [9.17, 15) is 10.2 Å². The van der Waals surface area contributed by atoms with Gasteiger partial charge in [-0.25, -0.2) is 0 Å². The monoisotopic (exact) mass is 479 g/mol. The molecule has 6 nitrogen and oxygen atoms in total. The van der Waals surface area contributed by atoms with Crippen molar-refractivity contribution < 1.29 is 14.9 Å². The summed E-state index contributed by atoms with van der Waals surface area (Å²) in [5, 5.41) is 24.1. The van der Waals surface area contributed by atoms with Crippen molar-refractivity contribution in [1.82, 2.24) is 15.1 Å². The predicted octanol–water partition coefficient (Wildman–Crippen LogP) is 1.68. The molecule has 1 heterocycles. The molecular formula is C18H33Cl4N3O3. The Balaban J connectivity index is 0. The molecule has 3 N–H and O–H groups in total. The van der Waals surface area contributed by atoms with Gasteiger partial charge in [0.2, 0.25) is 0 Å². The number of hydrogen-bond acceptors (Lipinski definition) is 6. The van der Waals surface area contributed by atoms with E-state index in [4.69, 9.17) is 16.3 Å². The fourth-order valence-corrected chi connectivity index (χ4v) is 3.42. The third-order valence-electron chi connectivity index (χ3n) is 4.61. The highest BCUT2D eigenvalue weighted by molar-refractivity contribution is 6.30. The van der Waals surface area contributed by atoms with Crippen molar-refractivity contribution in [1.29, 1.82) is 0 Å². The first-order valence-electron chi connectivity index (χ1n) is 8.67. The maximum Gasteiger partial charge on any atom is 0.109 e. The summed E-state index contributed by atoms with van der Waals surface area (Å²) in [6.45, 7) is 2.81. The molecule has 0 spiro atoms. The van der Waals surface area contributed by atoms with Gasteiger partial charge in [0, 0.05) is 31.2 Å². The lowest BCUT2D eigenvalue weighted by Crippen LogP contribution is -2.50. The molecule has 0 amide bonds. The topological polar surface area (TPSA) is 68.2 Å². The molecule has 1 aliphatic heterocycles. The van der Waals surface area contributed by atoms with E-state index in [1.165, 1.54) is 0 Å². The zero-order chi connectivity index (χ0) is 18.4. The van der Waals surface area contributed by atoms with Crippen molar-refractivity contribution in [3.8, 4) is 0 Å². The van der Waals surface area contributed by atoms with Gasteiger partial charge in [-0.3, -0.25) is 4.90 Å². The van der Waals surface area contributed by atoms with E-state index in [2.05, 4.69) is 15.1 Å². The highest BCUT2D eigenvalue weighted by Crippen LogP contribution is 2.25. The van der Waals surface area contributed by atoms with Gasteiger partial charge in [-0.1, -0.05) is 23.7 Å². The number of likely N-dealkylation sites (N-methyl/N-ethyl adjacent to an activating group) is 2. The van der Waals surface area contributed by atoms with Gasteiger partial charge < -0.3 is 25.2 Å². The first kappa shape index (κ1) is 30.3. The standard InChI is InChI=1S/C18H30ClN3O3.3ClH/c1-21(2)7-8-22(3)17-15(25-16(12-23)18(17)24)11-20-10-13-5-4-6-14(19)9-13;;;/h4-6,9,15-18,20,23-24H,7-8,10-12H2,1-3H3;3*1H/t15-,16+,17+,18-;;;/m1.../s1. The number of nitrogens with zero attached hydrogens (tertiary/aromatic N) is 2. The Kier molecular flexibility index (Phi) is 16.3. The van der Waals surface area contributed by atoms with Crippen LogP contribution in [-0.2, 0) is 11.3 Å². The number of hydrogen-bond donors (Lipinski definition) is 3. The number of rotatable bonds is 9. The largest absolute Gasteiger partial charge is 0.394 e. The summed E-state index contributed by atoms with van der Waals surface area (Å²) in [4.78, 5) is 4.22. The maximum absolute atomic E-state index is 10.5. The third-order valence-corrected chi connectivity index (χ3v) is 4.85. The Bertz CT molecular complexity index is 543. The molecule has 0 radical (unpaired) electrons. The van der Waals surface area contributed by atoms with E-state index in [1.807, 2.05) is 45.4 Å². The highest BCUT2D eigenvalue weighted by Gasteiger charge is 2.44. The predicted molar refractivity (Wildman–Crippen MR) is 122 cm³/mol. The number of benzene rings is 1. The van der Waals surface area contributed by atoms with Crippen LogP contribution in [0, 0.1) is 0 Å². The second-order valence-corrected chi connectivity index (χ2v) is 7.36. The zero-order valence-corrected chi connectivity index (χ0v) is 19.7. The molecule has 0 aromatic heterocycles. The first-order chi connectivity index (χ1) is 11.9. The molecular weight excluding hydrogens is 448 g/mol. The van der Waals surface area contributed by atoms with Crippen molar-refractivity contribution in [2.24, 2.45) is 0 Å². The van der Waals surface area contributed by atoms with Gasteiger partial charge in [-0.2, -0.15) is 0 Å². The lowest BCUT2D eigenvalue weighted by Gasteiger charge is -2.31. The average Bonchev–Trinajstić information content (AvgIpc) is 2.88. The van der Waals surface area contributed by atoms with E-state index < -0.39 is 12.2 Å². The van der Waals surface area contributed by atoms with Crippen LogP contribution in [0.4, 0.5) is 0 Å². The van der Waals surface area contributed by atoms with Crippen LogP contribution in [0.2, 0.25) is 5.02 Å². The number of halogens is 4. The van der Waals surface area contributed by atoms with Crippen LogP contribution in [0.15, 0.2) is 24.3 Å². The summed E-state index contributed by atoms with van der Waals surface area (Å²) >= 11 is 6.01. The molecule has 2 rings (SSSR count). The molecule has 28 heavy (non-hydrogen) atoms. The highest BCUT2D eigenvalue weighted by atomic mass is 35.5. The normalized spacial score (nSPS) is 23.9. The molecule has 1 aromatic rings. The van der Waals surface area contributed by atoms with Crippen LogP contribution in [0.3, 0.4) is 0 Å². The Labute approximate surface area is 191 Å². The summed E-state index contributed by atoms with van der Waals surface area (Å²) in [7, 11) is 6.04. The molecule has 0 aliphatic carbocycles. The van der Waals surface area contributed by atoms with Crippen molar-refractivity contribution >= 4 is 48.8 Å². The van der Waals surface area contributed by atoms with Crippen molar-refractivity contribution in [2.75, 3.05) is 47.4 Å². The quantitative estimate of drug-likeness (QED) is 0.499. The smallest absolute Gasteiger partial charge is 0.109 e. The van der Waals surface area contributed by atoms with Gasteiger partial charge in [-0.05, 0) is 38.8 Å². The van der Waals surface area contributed by atoms with Crippen molar-refractivity contribution in [3.63, 3.8) is 0 Å².